The van der Waals surface area contributed by atoms with Gasteiger partial charge in [0.25, 0.3) is 0 Å². The molecular formula is C13H22N4OS. The van der Waals surface area contributed by atoms with Crippen LogP contribution in [-0.2, 0) is 6.54 Å². The first kappa shape index (κ1) is 15.8. The summed E-state index contributed by atoms with van der Waals surface area (Å²) >= 11 is 1.90. The fraction of sp³-hybridized carbons (Fsp3) is 0.538. The summed E-state index contributed by atoms with van der Waals surface area (Å²) in [6, 6.07) is 3.75. The summed E-state index contributed by atoms with van der Waals surface area (Å²) in [6.45, 7) is 1.78. The van der Waals surface area contributed by atoms with Crippen LogP contribution in [0.3, 0.4) is 0 Å². The minimum Gasteiger partial charge on any atom is -0.409 e. The zero-order valence-electron chi connectivity index (χ0n) is 11.3. The van der Waals surface area contributed by atoms with Crippen LogP contribution in [0, 0.1) is 0 Å². The average Bonchev–Trinajstić information content (AvgIpc) is 2.46. The Kier molecular flexibility index (Phi) is 8.00. The van der Waals surface area contributed by atoms with Crippen LogP contribution in [0.2, 0.25) is 0 Å². The molecular weight excluding hydrogens is 260 g/mol. The standard InChI is InChI=1S/C13H22N4OS/c1-19-8-4-2-3-6-15-10-11-5-7-16-12(9-11)13(14)17-18/h5,7,9,15,18H,2-4,6,8,10H2,1H3,(H2,14,17). The molecule has 0 radical (unpaired) electrons. The van der Waals surface area contributed by atoms with Crippen molar-refractivity contribution in [1.29, 1.82) is 0 Å². The van der Waals surface area contributed by atoms with Crippen LogP contribution in [0.15, 0.2) is 23.5 Å². The maximum Gasteiger partial charge on any atom is 0.188 e. The lowest BCUT2D eigenvalue weighted by molar-refractivity contribution is 0.318. The summed E-state index contributed by atoms with van der Waals surface area (Å²) in [7, 11) is 0. The molecule has 5 nitrogen and oxygen atoms in total. The summed E-state index contributed by atoms with van der Waals surface area (Å²) in [4.78, 5) is 4.04. The molecule has 0 aliphatic heterocycles. The van der Waals surface area contributed by atoms with Crippen molar-refractivity contribution < 1.29 is 5.21 Å². The second-order valence-electron chi connectivity index (χ2n) is 4.26. The molecule has 0 fully saturated rings. The van der Waals surface area contributed by atoms with E-state index in [4.69, 9.17) is 10.9 Å². The van der Waals surface area contributed by atoms with Crippen molar-refractivity contribution in [2.75, 3.05) is 18.6 Å². The molecule has 0 saturated carbocycles. The summed E-state index contributed by atoms with van der Waals surface area (Å²) in [5.41, 5.74) is 7.09. The number of aromatic nitrogens is 1. The second-order valence-corrected chi connectivity index (χ2v) is 5.25. The zero-order valence-corrected chi connectivity index (χ0v) is 12.1. The first-order valence-electron chi connectivity index (χ1n) is 6.40. The highest BCUT2D eigenvalue weighted by Crippen LogP contribution is 2.03. The number of hydrogen-bond acceptors (Lipinski definition) is 5. The molecule has 6 heteroatoms. The number of oxime groups is 1. The first-order chi connectivity index (χ1) is 9.27. The Labute approximate surface area is 118 Å². The van der Waals surface area contributed by atoms with E-state index in [1.807, 2.05) is 23.9 Å². The van der Waals surface area contributed by atoms with Gasteiger partial charge in [-0.2, -0.15) is 11.8 Å². The fourth-order valence-corrected chi connectivity index (χ4v) is 2.17. The number of hydrogen-bond donors (Lipinski definition) is 3. The van der Waals surface area contributed by atoms with E-state index in [2.05, 4.69) is 21.7 Å². The molecule has 0 bridgehead atoms. The van der Waals surface area contributed by atoms with E-state index in [1.54, 1.807) is 6.20 Å². The number of unbranched alkanes of at least 4 members (excludes halogenated alkanes) is 2. The highest BCUT2D eigenvalue weighted by molar-refractivity contribution is 7.98. The molecule has 0 atom stereocenters. The quantitative estimate of drug-likeness (QED) is 0.211. The van der Waals surface area contributed by atoms with Gasteiger partial charge in [0.05, 0.1) is 0 Å². The fourth-order valence-electron chi connectivity index (χ4n) is 1.68. The summed E-state index contributed by atoms with van der Waals surface area (Å²) in [5, 5.41) is 14.9. The highest BCUT2D eigenvalue weighted by Gasteiger charge is 2.01. The molecule has 4 N–H and O–H groups in total. The molecule has 0 saturated heterocycles. The van der Waals surface area contributed by atoms with Gasteiger partial charge in [-0.15, -0.1) is 0 Å². The Hall–Kier alpha value is -1.27. The van der Waals surface area contributed by atoms with Crippen LogP contribution < -0.4 is 11.1 Å². The van der Waals surface area contributed by atoms with Gasteiger partial charge >= 0.3 is 0 Å². The topological polar surface area (TPSA) is 83.5 Å². The predicted octanol–water partition coefficient (Wildman–Crippen LogP) is 1.80. The van der Waals surface area contributed by atoms with Gasteiger partial charge in [-0.3, -0.25) is 4.98 Å². The average molecular weight is 282 g/mol. The maximum absolute atomic E-state index is 8.60. The molecule has 1 rings (SSSR count). The van der Waals surface area contributed by atoms with Crippen molar-refractivity contribution >= 4 is 17.6 Å². The molecule has 1 heterocycles. The lowest BCUT2D eigenvalue weighted by Crippen LogP contribution is -2.18. The number of nitrogens with two attached hydrogens (primary N) is 1. The van der Waals surface area contributed by atoms with Crippen molar-refractivity contribution in [1.82, 2.24) is 10.3 Å². The molecule has 1 aromatic heterocycles. The van der Waals surface area contributed by atoms with Crippen LogP contribution in [0.25, 0.3) is 0 Å². The van der Waals surface area contributed by atoms with E-state index in [0.717, 1.165) is 18.7 Å². The maximum atomic E-state index is 8.60. The van der Waals surface area contributed by atoms with Gasteiger partial charge in [0.1, 0.15) is 5.69 Å². The van der Waals surface area contributed by atoms with Gasteiger partial charge in [-0.25, -0.2) is 0 Å². The smallest absolute Gasteiger partial charge is 0.188 e. The number of thioether (sulfide) groups is 1. The van der Waals surface area contributed by atoms with E-state index < -0.39 is 0 Å². The van der Waals surface area contributed by atoms with Crippen molar-refractivity contribution in [3.63, 3.8) is 0 Å². The third-order valence-corrected chi connectivity index (χ3v) is 3.42. The number of nitrogens with zero attached hydrogens (tertiary/aromatic N) is 2. The number of amidine groups is 1. The van der Waals surface area contributed by atoms with Gasteiger partial charge in [0, 0.05) is 12.7 Å². The second kappa shape index (κ2) is 9.63. The Bertz CT molecular complexity index is 398. The third kappa shape index (κ3) is 6.45. The molecule has 0 amide bonds. The molecule has 0 aromatic carbocycles. The van der Waals surface area contributed by atoms with Crippen LogP contribution in [0.5, 0.6) is 0 Å². The molecule has 0 spiro atoms. The van der Waals surface area contributed by atoms with Gasteiger partial charge < -0.3 is 16.3 Å². The van der Waals surface area contributed by atoms with Crippen LogP contribution >= 0.6 is 11.8 Å². The molecule has 0 aliphatic carbocycles. The largest absolute Gasteiger partial charge is 0.409 e. The van der Waals surface area contributed by atoms with Crippen LogP contribution in [0.4, 0.5) is 0 Å². The van der Waals surface area contributed by atoms with E-state index in [0.29, 0.717) is 5.69 Å². The Morgan fingerprint density at radius 2 is 2.32 bits per heavy atom. The highest BCUT2D eigenvalue weighted by atomic mass is 32.2. The first-order valence-corrected chi connectivity index (χ1v) is 7.79. The Balaban J connectivity index is 2.26. The Morgan fingerprint density at radius 3 is 3.05 bits per heavy atom. The molecule has 0 unspecified atom stereocenters. The predicted molar refractivity (Wildman–Crippen MR) is 80.7 cm³/mol. The van der Waals surface area contributed by atoms with E-state index >= 15 is 0 Å². The zero-order chi connectivity index (χ0) is 13.9. The lowest BCUT2D eigenvalue weighted by Gasteiger charge is -2.06. The van der Waals surface area contributed by atoms with Gasteiger partial charge in [0.2, 0.25) is 0 Å². The van der Waals surface area contributed by atoms with Crippen LogP contribution in [-0.4, -0.2) is 34.6 Å². The van der Waals surface area contributed by atoms with Gasteiger partial charge in [0.15, 0.2) is 5.84 Å². The van der Waals surface area contributed by atoms with Crippen molar-refractivity contribution in [3.8, 4) is 0 Å². The van der Waals surface area contributed by atoms with Crippen molar-refractivity contribution in [2.45, 2.75) is 25.8 Å². The van der Waals surface area contributed by atoms with Crippen molar-refractivity contribution in [3.05, 3.63) is 29.6 Å². The van der Waals surface area contributed by atoms with E-state index in [9.17, 15) is 0 Å². The van der Waals surface area contributed by atoms with Crippen molar-refractivity contribution in [2.24, 2.45) is 10.9 Å². The summed E-state index contributed by atoms with van der Waals surface area (Å²) in [6.07, 6.45) is 7.55. The SMILES string of the molecule is CSCCCCCNCc1ccnc(/C(N)=N/O)c1. The molecule has 19 heavy (non-hydrogen) atoms. The molecule has 0 aliphatic rings. The normalized spacial score (nSPS) is 11.7. The molecule has 106 valence electrons. The van der Waals surface area contributed by atoms with Gasteiger partial charge in [-0.1, -0.05) is 11.6 Å². The monoisotopic (exact) mass is 282 g/mol. The van der Waals surface area contributed by atoms with Crippen LogP contribution in [0.1, 0.15) is 30.5 Å². The third-order valence-electron chi connectivity index (χ3n) is 2.73. The summed E-state index contributed by atoms with van der Waals surface area (Å²) < 4.78 is 0. The van der Waals surface area contributed by atoms with E-state index in [-0.39, 0.29) is 5.84 Å². The Morgan fingerprint density at radius 1 is 1.47 bits per heavy atom. The molecule has 1 aromatic rings. The summed E-state index contributed by atoms with van der Waals surface area (Å²) in [5.74, 6) is 1.28. The number of nitrogens with one attached hydrogen (secondary N) is 1. The van der Waals surface area contributed by atoms with E-state index in [1.165, 1.54) is 25.0 Å². The van der Waals surface area contributed by atoms with Gasteiger partial charge in [-0.05, 0) is 49.1 Å². The number of rotatable bonds is 9. The minimum absolute atomic E-state index is 0.0407. The minimum atomic E-state index is 0.0407. The number of pyridine rings is 1. The lowest BCUT2D eigenvalue weighted by atomic mass is 10.2.